The molecule has 4 heteroatoms. The van der Waals surface area contributed by atoms with E-state index in [-0.39, 0.29) is 6.42 Å². The fourth-order valence-corrected chi connectivity index (χ4v) is 0.313. The van der Waals surface area contributed by atoms with E-state index in [1.807, 2.05) is 24.5 Å². The molecule has 1 heterocycles. The summed E-state index contributed by atoms with van der Waals surface area (Å²) in [5.74, 6) is 0. The minimum Gasteiger partial charge on any atom is -0.368 e. The first-order valence-electron chi connectivity index (χ1n) is 3.46. The molecule has 0 spiro atoms. The summed E-state index contributed by atoms with van der Waals surface area (Å²) in [6, 6.07) is 8.95. The first-order valence-corrected chi connectivity index (χ1v) is 3.46. The van der Waals surface area contributed by atoms with Crippen LogP contribution in [0.25, 0.3) is 0 Å². The summed E-state index contributed by atoms with van der Waals surface area (Å²) >= 11 is 0. The number of aromatic nitrogens is 1. The van der Waals surface area contributed by atoms with Gasteiger partial charge in [0.2, 0.25) is 0 Å². The van der Waals surface area contributed by atoms with E-state index in [1.54, 1.807) is 18.2 Å². The summed E-state index contributed by atoms with van der Waals surface area (Å²) < 4.78 is 0. The Labute approximate surface area is 77.7 Å². The molecule has 1 aromatic heterocycles. The maximum absolute atomic E-state index is 7.59. The standard InChI is InChI=1S/C4H5N.C3H2N2.C2H3N/c1-2-4-5-3-1;4-2-1-3-5;1-2-3/h1-5H;1H2;1H3. The van der Waals surface area contributed by atoms with Crippen molar-refractivity contribution in [2.45, 2.75) is 13.3 Å². The van der Waals surface area contributed by atoms with Crippen molar-refractivity contribution in [1.29, 1.82) is 15.8 Å². The fourth-order valence-electron chi connectivity index (χ4n) is 0.313. The molecule has 0 bridgehead atoms. The van der Waals surface area contributed by atoms with Crippen molar-refractivity contribution >= 4 is 0 Å². The van der Waals surface area contributed by atoms with Crippen LogP contribution in [0.3, 0.4) is 0 Å². The first-order chi connectivity index (χ1) is 6.33. The van der Waals surface area contributed by atoms with E-state index >= 15 is 0 Å². The van der Waals surface area contributed by atoms with Crippen molar-refractivity contribution < 1.29 is 0 Å². The van der Waals surface area contributed by atoms with Crippen LogP contribution in [0.5, 0.6) is 0 Å². The molecular formula is C9H10N4. The second-order valence-corrected chi connectivity index (χ2v) is 1.60. The van der Waals surface area contributed by atoms with Crippen LogP contribution >= 0.6 is 0 Å². The molecule has 1 rings (SSSR count). The van der Waals surface area contributed by atoms with Gasteiger partial charge in [-0.1, -0.05) is 0 Å². The van der Waals surface area contributed by atoms with Crippen LogP contribution in [0.4, 0.5) is 0 Å². The molecule has 0 aliphatic rings. The number of hydrogen-bond donors (Lipinski definition) is 1. The van der Waals surface area contributed by atoms with E-state index in [1.165, 1.54) is 6.92 Å². The van der Waals surface area contributed by atoms with Crippen LogP contribution in [0.15, 0.2) is 24.5 Å². The summed E-state index contributed by atoms with van der Waals surface area (Å²) in [5.41, 5.74) is 0. The highest BCUT2D eigenvalue weighted by Crippen LogP contribution is 1.72. The molecule has 1 aromatic rings. The lowest BCUT2D eigenvalue weighted by atomic mass is 10.5. The average Bonchev–Trinajstić information content (AvgIpc) is 2.64. The van der Waals surface area contributed by atoms with E-state index < -0.39 is 0 Å². The van der Waals surface area contributed by atoms with Gasteiger partial charge in [-0.15, -0.1) is 0 Å². The Morgan fingerprint density at radius 3 is 1.54 bits per heavy atom. The summed E-state index contributed by atoms with van der Waals surface area (Å²) in [7, 11) is 0. The van der Waals surface area contributed by atoms with Crippen LogP contribution < -0.4 is 0 Å². The predicted octanol–water partition coefficient (Wildman–Crippen LogP) is 1.97. The Bertz CT molecular complexity index is 252. The topological polar surface area (TPSA) is 87.2 Å². The van der Waals surface area contributed by atoms with Crippen LogP contribution in [0, 0.1) is 34.0 Å². The van der Waals surface area contributed by atoms with E-state index in [2.05, 4.69) is 4.98 Å². The summed E-state index contributed by atoms with van der Waals surface area (Å²) in [6.45, 7) is 1.43. The maximum Gasteiger partial charge on any atom is 0.122 e. The number of H-pyrrole nitrogens is 1. The summed E-state index contributed by atoms with van der Waals surface area (Å²) in [6.07, 6.45) is 3.75. The van der Waals surface area contributed by atoms with Gasteiger partial charge in [-0.25, -0.2) is 0 Å². The Hall–Kier alpha value is -2.25. The quantitative estimate of drug-likeness (QED) is 0.652. The van der Waals surface area contributed by atoms with E-state index in [4.69, 9.17) is 15.8 Å². The largest absolute Gasteiger partial charge is 0.368 e. The lowest BCUT2D eigenvalue weighted by Crippen LogP contribution is -1.47. The Kier molecular flexibility index (Phi) is 16.8. The molecule has 0 aliphatic heterocycles. The Morgan fingerprint density at radius 1 is 1.08 bits per heavy atom. The normalized spacial score (nSPS) is 5.38. The monoisotopic (exact) mass is 174 g/mol. The number of hydrogen-bond acceptors (Lipinski definition) is 3. The molecule has 0 saturated carbocycles. The number of nitrogens with one attached hydrogen (secondary N) is 1. The van der Waals surface area contributed by atoms with Crippen LogP contribution in [-0.2, 0) is 0 Å². The molecule has 66 valence electrons. The van der Waals surface area contributed by atoms with Crippen molar-refractivity contribution in [3.63, 3.8) is 0 Å². The number of nitrogens with zero attached hydrogens (tertiary/aromatic N) is 3. The van der Waals surface area contributed by atoms with Gasteiger partial charge in [-0.2, -0.15) is 15.8 Å². The van der Waals surface area contributed by atoms with Gasteiger partial charge in [0.05, 0.1) is 18.2 Å². The summed E-state index contributed by atoms with van der Waals surface area (Å²) in [4.78, 5) is 2.86. The van der Waals surface area contributed by atoms with Crippen LogP contribution in [0.2, 0.25) is 0 Å². The second kappa shape index (κ2) is 16.4. The smallest absolute Gasteiger partial charge is 0.122 e. The van der Waals surface area contributed by atoms with Gasteiger partial charge in [0.25, 0.3) is 0 Å². The highest BCUT2D eigenvalue weighted by Gasteiger charge is 1.61. The van der Waals surface area contributed by atoms with Crippen LogP contribution in [-0.4, -0.2) is 4.98 Å². The third-order valence-electron chi connectivity index (χ3n) is 0.654. The average molecular weight is 174 g/mol. The van der Waals surface area contributed by atoms with Crippen molar-refractivity contribution in [2.75, 3.05) is 0 Å². The molecule has 4 nitrogen and oxygen atoms in total. The molecular weight excluding hydrogens is 164 g/mol. The molecule has 0 unspecified atom stereocenters. The number of nitriles is 3. The van der Waals surface area contributed by atoms with Crippen LogP contribution in [0.1, 0.15) is 13.3 Å². The van der Waals surface area contributed by atoms with Gasteiger partial charge >= 0.3 is 0 Å². The molecule has 0 radical (unpaired) electrons. The van der Waals surface area contributed by atoms with E-state index in [9.17, 15) is 0 Å². The number of aromatic amines is 1. The second-order valence-electron chi connectivity index (χ2n) is 1.60. The third kappa shape index (κ3) is 26.0. The van der Waals surface area contributed by atoms with Crippen molar-refractivity contribution in [3.05, 3.63) is 24.5 Å². The molecule has 0 atom stereocenters. The maximum atomic E-state index is 7.59. The zero-order valence-electron chi connectivity index (χ0n) is 7.36. The van der Waals surface area contributed by atoms with Gasteiger partial charge in [-0.3, -0.25) is 0 Å². The van der Waals surface area contributed by atoms with E-state index in [0.29, 0.717) is 0 Å². The minimum atomic E-state index is 0. The lowest BCUT2D eigenvalue weighted by molar-refractivity contribution is 1.33. The lowest BCUT2D eigenvalue weighted by Gasteiger charge is -1.49. The van der Waals surface area contributed by atoms with Crippen molar-refractivity contribution in [2.24, 2.45) is 0 Å². The fraction of sp³-hybridized carbons (Fsp3) is 0.222. The zero-order chi connectivity index (χ0) is 10.4. The SMILES string of the molecule is CC#N.N#CCC#N.c1cc[nH]c1. The number of rotatable bonds is 0. The molecule has 0 fully saturated rings. The first kappa shape index (κ1) is 13.3. The van der Waals surface area contributed by atoms with Gasteiger partial charge in [-0.05, 0) is 12.1 Å². The Morgan fingerprint density at radius 2 is 1.46 bits per heavy atom. The Balaban J connectivity index is 0. The van der Waals surface area contributed by atoms with Gasteiger partial charge in [0, 0.05) is 19.3 Å². The molecule has 13 heavy (non-hydrogen) atoms. The molecule has 0 aromatic carbocycles. The highest BCUT2D eigenvalue weighted by atomic mass is 14.6. The van der Waals surface area contributed by atoms with Gasteiger partial charge in [0.15, 0.2) is 0 Å². The highest BCUT2D eigenvalue weighted by molar-refractivity contribution is 4.85. The molecule has 0 saturated heterocycles. The minimum absolute atomic E-state index is 0. The van der Waals surface area contributed by atoms with E-state index in [0.717, 1.165) is 0 Å². The van der Waals surface area contributed by atoms with Gasteiger partial charge < -0.3 is 4.98 Å². The van der Waals surface area contributed by atoms with Crippen molar-refractivity contribution in [1.82, 2.24) is 4.98 Å². The molecule has 0 amide bonds. The third-order valence-corrected chi connectivity index (χ3v) is 0.654. The summed E-state index contributed by atoms with van der Waals surface area (Å²) in [5, 5.41) is 22.5. The van der Waals surface area contributed by atoms with Crippen molar-refractivity contribution in [3.8, 4) is 18.2 Å². The molecule has 0 aliphatic carbocycles. The molecule has 1 N–H and O–H groups in total. The predicted molar refractivity (Wildman–Crippen MR) is 47.9 cm³/mol. The van der Waals surface area contributed by atoms with Gasteiger partial charge in [0.1, 0.15) is 6.42 Å². The zero-order valence-corrected chi connectivity index (χ0v) is 7.36.